The quantitative estimate of drug-likeness (QED) is 0.0585. The third-order valence-electron chi connectivity index (χ3n) is 6.90. The van der Waals surface area contributed by atoms with E-state index in [0.717, 1.165) is 0 Å². The molecule has 0 aromatic heterocycles. The summed E-state index contributed by atoms with van der Waals surface area (Å²) in [6.07, 6.45) is -26.8. The second kappa shape index (κ2) is 16.1. The Kier molecular flexibility index (Phi) is 13.7. The highest BCUT2D eigenvalue weighted by atomic mass is 32.3. The van der Waals surface area contributed by atoms with Crippen molar-refractivity contribution < 1.29 is 110 Å². The first kappa shape index (κ1) is 39.3. The molecule has 3 aliphatic rings. The summed E-state index contributed by atoms with van der Waals surface area (Å²) in [5.41, 5.74) is 5.33. The zero-order valence-corrected chi connectivity index (χ0v) is 25.0. The number of aliphatic hydroxyl groups excluding tert-OH is 7. The van der Waals surface area contributed by atoms with Crippen LogP contribution in [-0.4, -0.2) is 188 Å². The normalized spacial score (nSPS) is 41.6. The maximum absolute atomic E-state index is 11.5. The Hall–Kier alpha value is -1.11. The Morgan fingerprint density at radius 1 is 0.870 bits per heavy atom. The Morgan fingerprint density at radius 2 is 1.46 bits per heavy atom. The number of carboxylic acid groups (broad SMARTS) is 1. The molecule has 15 atom stereocenters. The SMILES string of the molecule is N[C@@H](CO[C@@H]1OC[C@@H](O[C@@H]2O[C@H](CO)[C@H](O[C@@H]3O[C@H](COS(=O)(=O)O)[C@H](O)[C@H](O)[C@H]3O)[C@H](O)[C@H]2O)[C@H](O)[C@H]1OP(=O)(O)O)C(=O)O. The predicted octanol–water partition coefficient (Wildman–Crippen LogP) is -7.55. The molecule has 46 heavy (non-hydrogen) atoms. The van der Waals surface area contributed by atoms with E-state index in [0.29, 0.717) is 0 Å². The molecule has 26 heteroatoms. The first-order chi connectivity index (χ1) is 21.2. The second-order valence-corrected chi connectivity index (χ2v) is 12.5. The first-order valence-electron chi connectivity index (χ1n) is 13.1. The highest BCUT2D eigenvalue weighted by Crippen LogP contribution is 2.41. The summed E-state index contributed by atoms with van der Waals surface area (Å²) in [6, 6.07) is -1.59. The van der Waals surface area contributed by atoms with Crippen molar-refractivity contribution in [1.82, 2.24) is 0 Å². The van der Waals surface area contributed by atoms with Crippen LogP contribution in [0.5, 0.6) is 0 Å². The number of phosphoric ester groups is 1. The minimum Gasteiger partial charge on any atom is -0.480 e. The summed E-state index contributed by atoms with van der Waals surface area (Å²) >= 11 is 0. The number of carbonyl (C=O) groups is 1. The number of carboxylic acids is 1. The smallest absolute Gasteiger partial charge is 0.470 e. The van der Waals surface area contributed by atoms with E-state index >= 15 is 0 Å². The van der Waals surface area contributed by atoms with Gasteiger partial charge in [0.2, 0.25) is 0 Å². The summed E-state index contributed by atoms with van der Waals surface area (Å²) < 4.78 is 82.6. The highest BCUT2D eigenvalue weighted by molar-refractivity contribution is 7.80. The third-order valence-corrected chi connectivity index (χ3v) is 7.85. The van der Waals surface area contributed by atoms with Crippen molar-refractivity contribution in [3.63, 3.8) is 0 Å². The van der Waals surface area contributed by atoms with Gasteiger partial charge in [-0.3, -0.25) is 13.9 Å². The fraction of sp³-hybridized carbons (Fsp3) is 0.950. The lowest BCUT2D eigenvalue weighted by Gasteiger charge is -2.47. The van der Waals surface area contributed by atoms with Crippen LogP contribution in [0.3, 0.4) is 0 Å². The van der Waals surface area contributed by atoms with E-state index in [9.17, 15) is 63.3 Å². The Balaban J connectivity index is 1.70. The van der Waals surface area contributed by atoms with Crippen LogP contribution in [0.4, 0.5) is 0 Å². The van der Waals surface area contributed by atoms with Crippen molar-refractivity contribution in [2.75, 3.05) is 26.4 Å². The van der Waals surface area contributed by atoms with Crippen LogP contribution >= 0.6 is 7.82 Å². The average Bonchev–Trinajstić information content (AvgIpc) is 2.96. The molecule has 0 saturated carbocycles. The molecule has 0 aromatic rings. The van der Waals surface area contributed by atoms with Gasteiger partial charge < -0.3 is 84.8 Å². The van der Waals surface area contributed by atoms with E-state index in [1.165, 1.54) is 0 Å². The minimum absolute atomic E-state index is 0.656. The van der Waals surface area contributed by atoms with Gasteiger partial charge in [-0.2, -0.15) is 8.42 Å². The first-order valence-corrected chi connectivity index (χ1v) is 16.0. The van der Waals surface area contributed by atoms with Crippen LogP contribution in [0.2, 0.25) is 0 Å². The van der Waals surface area contributed by atoms with Gasteiger partial charge in [-0.05, 0) is 0 Å². The van der Waals surface area contributed by atoms with E-state index < -0.39 is 143 Å². The van der Waals surface area contributed by atoms with Crippen molar-refractivity contribution >= 4 is 24.2 Å². The van der Waals surface area contributed by atoms with Crippen LogP contribution < -0.4 is 5.73 Å². The van der Waals surface area contributed by atoms with E-state index in [1.807, 2.05) is 0 Å². The average molecular weight is 722 g/mol. The van der Waals surface area contributed by atoms with Crippen molar-refractivity contribution in [2.24, 2.45) is 5.73 Å². The number of rotatable bonds is 14. The number of aliphatic hydroxyl groups is 7. The molecule has 3 rings (SSSR count). The summed E-state index contributed by atoms with van der Waals surface area (Å²) in [6.45, 7) is -3.44. The molecule has 13 N–H and O–H groups in total. The van der Waals surface area contributed by atoms with Gasteiger partial charge in [0.15, 0.2) is 18.9 Å². The zero-order chi connectivity index (χ0) is 34.7. The fourth-order valence-corrected chi connectivity index (χ4v) is 5.39. The number of nitrogens with two attached hydrogens (primary N) is 1. The largest absolute Gasteiger partial charge is 0.480 e. The summed E-state index contributed by atoms with van der Waals surface area (Å²) in [7, 11) is -10.4. The van der Waals surface area contributed by atoms with Crippen LogP contribution in [-0.2, 0) is 56.9 Å². The molecule has 0 bridgehead atoms. The Morgan fingerprint density at radius 3 is 2.02 bits per heavy atom. The molecular weight excluding hydrogens is 685 g/mol. The van der Waals surface area contributed by atoms with Gasteiger partial charge in [0.25, 0.3) is 0 Å². The van der Waals surface area contributed by atoms with Crippen molar-refractivity contribution in [2.45, 2.75) is 92.1 Å². The highest BCUT2D eigenvalue weighted by Gasteiger charge is 2.53. The molecule has 0 amide bonds. The Labute approximate surface area is 258 Å². The lowest BCUT2D eigenvalue weighted by Crippen LogP contribution is -2.65. The standard InChI is InChI=1S/C20H36NO23PS/c21-5(17(29)30)2-37-20-16(44-45(31,32)33)10(24)7(3-38-20)41-18-14(28)12(26)15(6(1-22)40-18)43-19-13(27)11(25)9(23)8(42-19)4-39-46(34,35)36/h5-16,18-20,22-28H,1-4,21H2,(H,29,30)(H2,31,32,33)(H,34,35,36)/t5-,6+,7+,8+,9-,10-,11-,12+,13+,14+,15-,16+,18-,19-,20+/m0/s1. The number of aliphatic carboxylic acids is 1. The molecule has 0 radical (unpaired) electrons. The third kappa shape index (κ3) is 10.2. The molecule has 3 heterocycles. The number of ether oxygens (including phenoxy) is 6. The minimum atomic E-state index is -5.35. The van der Waals surface area contributed by atoms with E-state index in [1.54, 1.807) is 0 Å². The molecule has 0 aliphatic carbocycles. The molecule has 270 valence electrons. The van der Waals surface area contributed by atoms with Crippen molar-refractivity contribution in [3.05, 3.63) is 0 Å². The molecular formula is C20H36NO23PS. The number of phosphoric acid groups is 1. The van der Waals surface area contributed by atoms with Gasteiger partial charge in [0.05, 0.1) is 26.4 Å². The molecule has 0 unspecified atom stereocenters. The van der Waals surface area contributed by atoms with Crippen molar-refractivity contribution in [1.29, 1.82) is 0 Å². The van der Waals surface area contributed by atoms with Gasteiger partial charge in [-0.1, -0.05) is 0 Å². The van der Waals surface area contributed by atoms with Gasteiger partial charge >= 0.3 is 24.2 Å². The monoisotopic (exact) mass is 721 g/mol. The van der Waals surface area contributed by atoms with Crippen molar-refractivity contribution in [3.8, 4) is 0 Å². The van der Waals surface area contributed by atoms with E-state index in [2.05, 4.69) is 8.71 Å². The molecule has 0 spiro atoms. The molecule has 3 fully saturated rings. The van der Waals surface area contributed by atoms with Gasteiger partial charge in [0.1, 0.15) is 73.2 Å². The van der Waals surface area contributed by atoms with Crippen LogP contribution in [0.25, 0.3) is 0 Å². The lowest BCUT2D eigenvalue weighted by atomic mass is 9.97. The van der Waals surface area contributed by atoms with E-state index in [4.69, 9.17) is 43.8 Å². The maximum atomic E-state index is 11.5. The molecule has 0 aromatic carbocycles. The van der Waals surface area contributed by atoms with Crippen LogP contribution in [0.15, 0.2) is 0 Å². The predicted molar refractivity (Wildman–Crippen MR) is 136 cm³/mol. The summed E-state index contributed by atoms with van der Waals surface area (Å²) in [4.78, 5) is 29.5. The van der Waals surface area contributed by atoms with Crippen LogP contribution in [0.1, 0.15) is 0 Å². The summed E-state index contributed by atoms with van der Waals surface area (Å²) in [5, 5.41) is 81.6. The van der Waals surface area contributed by atoms with Gasteiger partial charge in [-0.15, -0.1) is 0 Å². The van der Waals surface area contributed by atoms with Crippen LogP contribution in [0, 0.1) is 0 Å². The van der Waals surface area contributed by atoms with E-state index in [-0.39, 0.29) is 0 Å². The summed E-state index contributed by atoms with van der Waals surface area (Å²) in [5.74, 6) is -1.49. The lowest BCUT2D eigenvalue weighted by molar-refractivity contribution is -0.371. The second-order valence-electron chi connectivity index (χ2n) is 10.2. The fourth-order valence-electron chi connectivity index (χ4n) is 4.54. The van der Waals surface area contributed by atoms with Gasteiger partial charge in [0, 0.05) is 0 Å². The topological polar surface area (TPSA) is 391 Å². The molecule has 24 nitrogen and oxygen atoms in total. The zero-order valence-electron chi connectivity index (χ0n) is 23.2. The molecule has 3 aliphatic heterocycles. The maximum Gasteiger partial charge on any atom is 0.470 e. The molecule has 3 saturated heterocycles. The number of hydrogen-bond acceptors (Lipinski definition) is 20. The number of hydrogen-bond donors (Lipinski definition) is 12. The Bertz CT molecular complexity index is 1160. The van der Waals surface area contributed by atoms with Gasteiger partial charge in [-0.25, -0.2) is 8.75 Å².